The highest BCUT2D eigenvalue weighted by Gasteiger charge is 2.07. The second-order valence-electron chi connectivity index (χ2n) is 6.06. The van der Waals surface area contributed by atoms with Gasteiger partial charge in [-0.05, 0) is 30.0 Å². The molecule has 0 unspecified atom stereocenters. The van der Waals surface area contributed by atoms with Crippen LogP contribution in [0, 0.1) is 0 Å². The van der Waals surface area contributed by atoms with E-state index >= 15 is 0 Å². The minimum absolute atomic E-state index is 0. The van der Waals surface area contributed by atoms with Crippen LogP contribution in [0.3, 0.4) is 0 Å². The Morgan fingerprint density at radius 1 is 1.23 bits per heavy atom. The van der Waals surface area contributed by atoms with E-state index in [4.69, 9.17) is 0 Å². The lowest BCUT2D eigenvalue weighted by Gasteiger charge is -2.11. The first-order valence-electron chi connectivity index (χ1n) is 8.72. The molecule has 0 saturated carbocycles. The van der Waals surface area contributed by atoms with Crippen molar-refractivity contribution < 1.29 is 0 Å². The molecular formula is C19H27IN6. The smallest absolute Gasteiger partial charge is 0.191 e. The maximum absolute atomic E-state index is 4.28. The quantitative estimate of drug-likeness (QED) is 0.297. The van der Waals surface area contributed by atoms with Crippen LogP contribution in [0.2, 0.25) is 0 Å². The van der Waals surface area contributed by atoms with E-state index in [1.807, 2.05) is 17.8 Å². The van der Waals surface area contributed by atoms with Gasteiger partial charge in [-0.3, -0.25) is 9.67 Å². The summed E-state index contributed by atoms with van der Waals surface area (Å²) in [5.41, 5.74) is 5.08. The van der Waals surface area contributed by atoms with E-state index < -0.39 is 0 Å². The maximum Gasteiger partial charge on any atom is 0.191 e. The molecule has 0 aliphatic carbocycles. The van der Waals surface area contributed by atoms with E-state index in [2.05, 4.69) is 57.0 Å². The van der Waals surface area contributed by atoms with Gasteiger partial charge in [-0.15, -0.1) is 24.0 Å². The standard InChI is InChI=1S/C19H26N6.HI/c1-4-14-6-5-7-17-15(12-22-18(14)17)8-10-21-19(20-2)23-13-16-9-11-24-25(16)3;/h5-7,9,11-12,22H,4,8,10,13H2,1-3H3,(H2,20,21,23);1H. The number of halogens is 1. The lowest BCUT2D eigenvalue weighted by Crippen LogP contribution is -2.38. The summed E-state index contributed by atoms with van der Waals surface area (Å²) < 4.78 is 1.86. The summed E-state index contributed by atoms with van der Waals surface area (Å²) in [7, 11) is 3.73. The number of guanidine groups is 1. The summed E-state index contributed by atoms with van der Waals surface area (Å²) in [6, 6.07) is 8.51. The first-order chi connectivity index (χ1) is 12.2. The zero-order chi connectivity index (χ0) is 17.6. The SMILES string of the molecule is CCc1cccc2c(CCNC(=NC)NCc3ccnn3C)c[nH]c12.I. The van der Waals surface area contributed by atoms with Crippen LogP contribution in [0.15, 0.2) is 41.7 Å². The molecule has 26 heavy (non-hydrogen) atoms. The average Bonchev–Trinajstić information content (AvgIpc) is 3.24. The molecule has 7 heteroatoms. The van der Waals surface area contributed by atoms with E-state index in [0.717, 1.165) is 31.0 Å². The van der Waals surface area contributed by atoms with Gasteiger partial charge in [0, 0.05) is 43.9 Å². The predicted molar refractivity (Wildman–Crippen MR) is 118 cm³/mol. The van der Waals surface area contributed by atoms with E-state index in [0.29, 0.717) is 6.54 Å². The highest BCUT2D eigenvalue weighted by Crippen LogP contribution is 2.22. The number of hydrogen-bond acceptors (Lipinski definition) is 2. The normalized spacial score (nSPS) is 11.4. The van der Waals surface area contributed by atoms with Crippen molar-refractivity contribution in [1.82, 2.24) is 25.4 Å². The molecule has 0 amide bonds. The van der Waals surface area contributed by atoms with Gasteiger partial charge in [0.05, 0.1) is 12.2 Å². The van der Waals surface area contributed by atoms with E-state index in [1.54, 1.807) is 13.2 Å². The van der Waals surface area contributed by atoms with Crippen LogP contribution in [-0.4, -0.2) is 34.3 Å². The molecule has 3 rings (SSSR count). The van der Waals surface area contributed by atoms with E-state index in [1.165, 1.54) is 22.0 Å². The second kappa shape index (κ2) is 9.61. The summed E-state index contributed by atoms with van der Waals surface area (Å²) in [6.07, 6.45) is 5.91. The molecule has 6 nitrogen and oxygen atoms in total. The minimum atomic E-state index is 0. The largest absolute Gasteiger partial charge is 0.361 e. The van der Waals surface area contributed by atoms with Crippen molar-refractivity contribution in [2.45, 2.75) is 26.3 Å². The fourth-order valence-corrected chi connectivity index (χ4v) is 3.06. The lowest BCUT2D eigenvalue weighted by molar-refractivity contribution is 0.684. The number of hydrogen-bond donors (Lipinski definition) is 3. The topological polar surface area (TPSA) is 70.0 Å². The number of rotatable bonds is 6. The number of aryl methyl sites for hydroxylation is 2. The van der Waals surface area contributed by atoms with Crippen LogP contribution in [0.5, 0.6) is 0 Å². The Balaban J connectivity index is 0.00000243. The van der Waals surface area contributed by atoms with Gasteiger partial charge in [-0.2, -0.15) is 5.10 Å². The molecule has 0 aliphatic rings. The molecule has 0 radical (unpaired) electrons. The van der Waals surface area contributed by atoms with E-state index in [9.17, 15) is 0 Å². The Morgan fingerprint density at radius 3 is 2.77 bits per heavy atom. The third kappa shape index (κ3) is 4.57. The highest BCUT2D eigenvalue weighted by atomic mass is 127. The number of benzene rings is 1. The molecular weight excluding hydrogens is 439 g/mol. The molecule has 3 N–H and O–H groups in total. The van der Waals surface area contributed by atoms with E-state index in [-0.39, 0.29) is 24.0 Å². The molecule has 2 heterocycles. The monoisotopic (exact) mass is 466 g/mol. The number of nitrogens with one attached hydrogen (secondary N) is 3. The van der Waals surface area contributed by atoms with Crippen LogP contribution in [0.4, 0.5) is 0 Å². The Bertz CT molecular complexity index is 864. The second-order valence-corrected chi connectivity index (χ2v) is 6.06. The fraction of sp³-hybridized carbons (Fsp3) is 0.368. The number of aliphatic imine (C=N–C) groups is 1. The first kappa shape index (κ1) is 20.3. The fourth-order valence-electron chi connectivity index (χ4n) is 3.06. The number of aromatic amines is 1. The minimum Gasteiger partial charge on any atom is -0.361 e. The highest BCUT2D eigenvalue weighted by molar-refractivity contribution is 14.0. The summed E-state index contributed by atoms with van der Waals surface area (Å²) in [5.74, 6) is 0.801. The lowest BCUT2D eigenvalue weighted by atomic mass is 10.1. The number of H-pyrrole nitrogens is 1. The first-order valence-corrected chi connectivity index (χ1v) is 8.72. The summed E-state index contributed by atoms with van der Waals surface area (Å²) in [5, 5.41) is 12.2. The molecule has 1 aromatic carbocycles. The number of para-hydroxylation sites is 1. The van der Waals surface area contributed by atoms with Gasteiger partial charge in [0.15, 0.2) is 5.96 Å². The Hall–Kier alpha value is -2.03. The predicted octanol–water partition coefficient (Wildman–Crippen LogP) is 2.99. The molecule has 140 valence electrons. The zero-order valence-corrected chi connectivity index (χ0v) is 17.9. The van der Waals surface area contributed by atoms with Crippen molar-refractivity contribution in [2.24, 2.45) is 12.0 Å². The maximum atomic E-state index is 4.28. The third-order valence-corrected chi connectivity index (χ3v) is 4.54. The Morgan fingerprint density at radius 2 is 2.08 bits per heavy atom. The average molecular weight is 466 g/mol. The molecule has 0 saturated heterocycles. The Kier molecular flexibility index (Phi) is 7.50. The van der Waals surface area contributed by atoms with Gasteiger partial charge in [0.2, 0.25) is 0 Å². The Labute approximate surface area is 171 Å². The van der Waals surface area contributed by atoms with Crippen molar-refractivity contribution in [3.63, 3.8) is 0 Å². The molecule has 0 fully saturated rings. The zero-order valence-electron chi connectivity index (χ0n) is 15.5. The van der Waals surface area contributed by atoms with Gasteiger partial charge in [-0.25, -0.2) is 0 Å². The van der Waals surface area contributed by atoms with Gasteiger partial charge in [0.1, 0.15) is 0 Å². The van der Waals surface area contributed by atoms with Crippen LogP contribution in [0.1, 0.15) is 23.7 Å². The number of fused-ring (bicyclic) bond motifs is 1. The molecule has 0 aliphatic heterocycles. The number of nitrogens with zero attached hydrogens (tertiary/aromatic N) is 3. The van der Waals surface area contributed by atoms with Crippen LogP contribution in [-0.2, 0) is 26.4 Å². The van der Waals surface area contributed by atoms with Crippen molar-refractivity contribution in [3.8, 4) is 0 Å². The van der Waals surface area contributed by atoms with Gasteiger partial charge in [-0.1, -0.05) is 25.1 Å². The molecule has 0 spiro atoms. The molecule has 3 aromatic rings. The van der Waals surface area contributed by atoms with Crippen LogP contribution in [0.25, 0.3) is 10.9 Å². The summed E-state index contributed by atoms with van der Waals surface area (Å²) in [4.78, 5) is 7.71. The molecule has 2 aromatic heterocycles. The number of aromatic nitrogens is 3. The summed E-state index contributed by atoms with van der Waals surface area (Å²) in [6.45, 7) is 3.71. The third-order valence-electron chi connectivity index (χ3n) is 4.54. The van der Waals surface area contributed by atoms with Crippen LogP contribution >= 0.6 is 24.0 Å². The van der Waals surface area contributed by atoms with Gasteiger partial charge >= 0.3 is 0 Å². The van der Waals surface area contributed by atoms with Crippen molar-refractivity contribution in [1.29, 1.82) is 0 Å². The van der Waals surface area contributed by atoms with Crippen LogP contribution < -0.4 is 10.6 Å². The molecule has 0 atom stereocenters. The van der Waals surface area contributed by atoms with Gasteiger partial charge < -0.3 is 15.6 Å². The summed E-state index contributed by atoms with van der Waals surface area (Å²) >= 11 is 0. The molecule has 0 bridgehead atoms. The van der Waals surface area contributed by atoms with Crippen molar-refractivity contribution in [2.75, 3.05) is 13.6 Å². The van der Waals surface area contributed by atoms with Gasteiger partial charge in [0.25, 0.3) is 0 Å². The van der Waals surface area contributed by atoms with Crippen molar-refractivity contribution >= 4 is 40.8 Å². The van der Waals surface area contributed by atoms with Crippen molar-refractivity contribution in [3.05, 3.63) is 53.5 Å².